The number of carbonyl (C=O) groups excluding carboxylic acids is 1. The van der Waals surface area contributed by atoms with Gasteiger partial charge in [0.05, 0.1) is 12.5 Å². The molecule has 0 amide bonds. The highest BCUT2D eigenvalue weighted by molar-refractivity contribution is 6.18. The maximum atomic E-state index is 15.0. The fourth-order valence-corrected chi connectivity index (χ4v) is 2.77. The van der Waals surface area contributed by atoms with Gasteiger partial charge in [0.2, 0.25) is 0 Å². The molecule has 25 heavy (non-hydrogen) atoms. The Morgan fingerprint density at radius 1 is 1.68 bits per heavy atom. The Bertz CT molecular complexity index is 683. The number of alkyl halides is 2. The molecule has 1 saturated heterocycles. The third-order valence-corrected chi connectivity index (χ3v) is 4.49. The lowest BCUT2D eigenvalue weighted by Gasteiger charge is -2.30. The smallest absolute Gasteiger partial charge is 0.351 e. The van der Waals surface area contributed by atoms with Crippen molar-refractivity contribution < 1.29 is 23.8 Å². The predicted molar refractivity (Wildman–Crippen MR) is 86.6 cm³/mol. The molecule has 1 aliphatic heterocycles. The molecule has 5 N–H and O–H groups in total. The first-order chi connectivity index (χ1) is 11.8. The number of hydrogen-bond donors (Lipinski definition) is 3. The monoisotopic (exact) mass is 378 g/mol. The number of esters is 1. The number of aliphatic hydroxyl groups excluding tert-OH is 1. The summed E-state index contributed by atoms with van der Waals surface area (Å²) in [7, 11) is 0. The average Bonchev–Trinajstić information content (AvgIpc) is 2.87. The molecule has 0 spiro atoms. The van der Waals surface area contributed by atoms with E-state index in [4.69, 9.17) is 32.5 Å². The van der Waals surface area contributed by atoms with E-state index in [1.54, 1.807) is 6.92 Å². The van der Waals surface area contributed by atoms with Crippen molar-refractivity contribution >= 4 is 23.4 Å². The molecule has 1 fully saturated rings. The predicted octanol–water partition coefficient (Wildman–Crippen LogP) is -0.689. The molecule has 11 heteroatoms. The minimum absolute atomic E-state index is 0.0442. The van der Waals surface area contributed by atoms with Crippen molar-refractivity contribution in [1.82, 2.24) is 9.55 Å². The van der Waals surface area contributed by atoms with Crippen LogP contribution in [0.5, 0.6) is 0 Å². The van der Waals surface area contributed by atoms with Gasteiger partial charge in [-0.2, -0.15) is 4.98 Å². The Balaban J connectivity index is 2.37. The van der Waals surface area contributed by atoms with Crippen molar-refractivity contribution in [3.63, 3.8) is 0 Å². The lowest BCUT2D eigenvalue weighted by atomic mass is 9.98. The molecule has 2 heterocycles. The molecule has 0 radical (unpaired) electrons. The summed E-state index contributed by atoms with van der Waals surface area (Å²) in [5, 5.41) is 9.67. The summed E-state index contributed by atoms with van der Waals surface area (Å²) in [6.45, 7) is 0.928. The fourth-order valence-electron chi connectivity index (χ4n) is 2.47. The van der Waals surface area contributed by atoms with Crippen LogP contribution in [0.15, 0.2) is 17.1 Å². The van der Waals surface area contributed by atoms with Crippen LogP contribution in [-0.2, 0) is 14.3 Å². The number of aromatic nitrogens is 2. The SMILES string of the molecule is CCC(N)C(=O)O[C@H]1[C@@H](F)[C@H](n2ccc(N)nc2=O)O[C@@]1(CO)CCl. The molecule has 0 aromatic carbocycles. The summed E-state index contributed by atoms with van der Waals surface area (Å²) in [6.07, 6.45) is -3.56. The summed E-state index contributed by atoms with van der Waals surface area (Å²) < 4.78 is 26.5. The number of nitrogen functional groups attached to an aromatic ring is 1. The zero-order valence-electron chi connectivity index (χ0n) is 13.5. The third-order valence-electron chi connectivity index (χ3n) is 4.04. The van der Waals surface area contributed by atoms with Crippen LogP contribution in [0.3, 0.4) is 0 Å². The quantitative estimate of drug-likeness (QED) is 0.436. The first kappa shape index (κ1) is 19.6. The zero-order chi connectivity index (χ0) is 18.8. The molecule has 1 aromatic rings. The van der Waals surface area contributed by atoms with Gasteiger partial charge in [0.1, 0.15) is 17.5 Å². The van der Waals surface area contributed by atoms with Crippen LogP contribution in [0.1, 0.15) is 19.6 Å². The van der Waals surface area contributed by atoms with Crippen LogP contribution in [0.2, 0.25) is 0 Å². The first-order valence-electron chi connectivity index (χ1n) is 7.59. The van der Waals surface area contributed by atoms with Crippen LogP contribution in [0.25, 0.3) is 0 Å². The average molecular weight is 379 g/mol. The van der Waals surface area contributed by atoms with Crippen molar-refractivity contribution in [2.75, 3.05) is 18.2 Å². The van der Waals surface area contributed by atoms with Crippen molar-refractivity contribution in [2.45, 2.75) is 43.5 Å². The van der Waals surface area contributed by atoms with Crippen molar-refractivity contribution in [1.29, 1.82) is 0 Å². The molecule has 1 aromatic heterocycles. The van der Waals surface area contributed by atoms with Crippen LogP contribution in [-0.4, -0.2) is 57.0 Å². The number of hydrogen-bond acceptors (Lipinski definition) is 8. The van der Waals surface area contributed by atoms with E-state index in [9.17, 15) is 19.1 Å². The number of anilines is 1. The summed E-state index contributed by atoms with van der Waals surface area (Å²) in [5.41, 5.74) is 8.41. The molecule has 1 aliphatic rings. The molecule has 1 unspecified atom stereocenters. The fraction of sp³-hybridized carbons (Fsp3) is 0.643. The maximum absolute atomic E-state index is 15.0. The second-order valence-electron chi connectivity index (χ2n) is 5.72. The van der Waals surface area contributed by atoms with Crippen LogP contribution < -0.4 is 17.2 Å². The van der Waals surface area contributed by atoms with Crippen LogP contribution in [0.4, 0.5) is 10.2 Å². The van der Waals surface area contributed by atoms with E-state index in [0.29, 0.717) is 0 Å². The molecule has 0 aliphatic carbocycles. The number of carbonyl (C=O) groups is 1. The van der Waals surface area contributed by atoms with Crippen molar-refractivity contribution in [2.24, 2.45) is 5.73 Å². The van der Waals surface area contributed by atoms with E-state index in [0.717, 1.165) is 4.57 Å². The van der Waals surface area contributed by atoms with Gasteiger partial charge in [0.15, 0.2) is 18.5 Å². The minimum atomic E-state index is -1.98. The van der Waals surface area contributed by atoms with Gasteiger partial charge < -0.3 is 26.0 Å². The third kappa shape index (κ3) is 3.61. The molecule has 2 rings (SSSR count). The van der Waals surface area contributed by atoms with Gasteiger partial charge in [-0.3, -0.25) is 9.36 Å². The lowest BCUT2D eigenvalue weighted by Crippen LogP contribution is -2.51. The Kier molecular flexibility index (Phi) is 5.99. The number of ether oxygens (including phenoxy) is 2. The normalized spacial score (nSPS) is 30.2. The van der Waals surface area contributed by atoms with Gasteiger partial charge in [-0.05, 0) is 12.5 Å². The number of aliphatic hydroxyl groups is 1. The first-order valence-corrected chi connectivity index (χ1v) is 8.12. The Hall–Kier alpha value is -1.75. The van der Waals surface area contributed by atoms with Gasteiger partial charge in [0.25, 0.3) is 0 Å². The molecule has 5 atom stereocenters. The molecular weight excluding hydrogens is 359 g/mol. The van der Waals surface area contributed by atoms with Crippen molar-refractivity contribution in [3.05, 3.63) is 22.7 Å². The number of nitrogens with two attached hydrogens (primary N) is 2. The summed E-state index contributed by atoms with van der Waals surface area (Å²) in [4.78, 5) is 27.4. The summed E-state index contributed by atoms with van der Waals surface area (Å²) in [5.74, 6) is -1.28. The minimum Gasteiger partial charge on any atom is -0.455 e. The van der Waals surface area contributed by atoms with Gasteiger partial charge in [-0.15, -0.1) is 11.6 Å². The largest absolute Gasteiger partial charge is 0.455 e. The highest BCUT2D eigenvalue weighted by atomic mass is 35.5. The number of nitrogens with zero attached hydrogens (tertiary/aromatic N) is 2. The molecule has 9 nitrogen and oxygen atoms in total. The molecule has 0 saturated carbocycles. The highest BCUT2D eigenvalue weighted by Crippen LogP contribution is 2.41. The molecular formula is C14H20ClFN4O5. The summed E-state index contributed by atoms with van der Waals surface area (Å²) >= 11 is 5.84. The van der Waals surface area contributed by atoms with E-state index in [2.05, 4.69) is 4.98 Å². The number of halogens is 2. The van der Waals surface area contributed by atoms with Crippen LogP contribution in [0, 0.1) is 0 Å². The Morgan fingerprint density at radius 3 is 2.88 bits per heavy atom. The van der Waals surface area contributed by atoms with Gasteiger partial charge in [0, 0.05) is 6.20 Å². The van der Waals surface area contributed by atoms with Gasteiger partial charge >= 0.3 is 11.7 Å². The van der Waals surface area contributed by atoms with Crippen LogP contribution >= 0.6 is 11.6 Å². The van der Waals surface area contributed by atoms with Gasteiger partial charge in [-0.25, -0.2) is 9.18 Å². The van der Waals surface area contributed by atoms with E-state index < -0.39 is 48.4 Å². The van der Waals surface area contributed by atoms with Gasteiger partial charge in [-0.1, -0.05) is 6.92 Å². The Labute approximate surface area is 147 Å². The maximum Gasteiger partial charge on any atom is 0.351 e. The topological polar surface area (TPSA) is 143 Å². The van der Waals surface area contributed by atoms with E-state index in [1.807, 2.05) is 0 Å². The zero-order valence-corrected chi connectivity index (χ0v) is 14.2. The summed E-state index contributed by atoms with van der Waals surface area (Å²) in [6, 6.07) is 0.324. The van der Waals surface area contributed by atoms with E-state index in [-0.39, 0.29) is 18.1 Å². The standard InChI is InChI=1S/C14H20ClFN4O5/c1-2-7(17)12(22)24-10-9(16)11(25-14(10,5-15)6-21)20-4-3-8(18)19-13(20)23/h3-4,7,9-11,21H,2,5-6,17H2,1H3,(H2,18,19,23)/t7?,9-,10+,11-,14-/m1/s1. The Morgan fingerprint density at radius 2 is 2.36 bits per heavy atom. The van der Waals surface area contributed by atoms with Crippen molar-refractivity contribution in [3.8, 4) is 0 Å². The second kappa shape index (κ2) is 7.65. The number of rotatable bonds is 6. The lowest BCUT2D eigenvalue weighted by molar-refractivity contribution is -0.166. The van der Waals surface area contributed by atoms with E-state index in [1.165, 1.54) is 12.3 Å². The highest BCUT2D eigenvalue weighted by Gasteiger charge is 2.58. The second-order valence-corrected chi connectivity index (χ2v) is 5.99. The van der Waals surface area contributed by atoms with E-state index >= 15 is 0 Å². The molecule has 0 bridgehead atoms. The molecule has 140 valence electrons.